The molecule has 1 aromatic rings. The van der Waals surface area contributed by atoms with Crippen LogP contribution in [0.2, 0.25) is 10.0 Å². The van der Waals surface area contributed by atoms with Crippen LogP contribution in [0.25, 0.3) is 0 Å². The molecule has 5 nitrogen and oxygen atoms in total. The van der Waals surface area contributed by atoms with E-state index in [-0.39, 0.29) is 27.5 Å². The highest BCUT2D eigenvalue weighted by molar-refractivity contribution is 6.39. The minimum absolute atomic E-state index is 0.148. The van der Waals surface area contributed by atoms with Crippen LogP contribution in [0.1, 0.15) is 33.6 Å². The number of nitrogen functional groups attached to an aromatic ring is 1. The van der Waals surface area contributed by atoms with Crippen LogP contribution < -0.4 is 10.5 Å². The molecule has 1 aromatic heterocycles. The number of hydrogen-bond acceptors (Lipinski definition) is 5. The number of halogens is 3. The van der Waals surface area contributed by atoms with Crippen molar-refractivity contribution in [1.82, 2.24) is 4.98 Å². The highest BCUT2D eigenvalue weighted by atomic mass is 35.5. The molecule has 0 amide bonds. The molecule has 1 heterocycles. The van der Waals surface area contributed by atoms with E-state index >= 15 is 0 Å². The average Bonchev–Trinajstić information content (AvgIpc) is 2.48. The number of anilines is 1. The number of hydrogen-bond donors (Lipinski definition) is 1. The summed E-state index contributed by atoms with van der Waals surface area (Å²) < 4.78 is 23.8. The van der Waals surface area contributed by atoms with Gasteiger partial charge in [0, 0.05) is 0 Å². The first kappa shape index (κ1) is 18.8. The summed E-state index contributed by atoms with van der Waals surface area (Å²) in [5.41, 5.74) is 5.34. The Morgan fingerprint density at radius 2 is 2.00 bits per heavy atom. The lowest BCUT2D eigenvalue weighted by Crippen LogP contribution is -2.28. The van der Waals surface area contributed by atoms with Crippen LogP contribution in [0.3, 0.4) is 0 Å². The summed E-state index contributed by atoms with van der Waals surface area (Å²) >= 11 is 11.4. The van der Waals surface area contributed by atoms with E-state index in [2.05, 4.69) is 11.9 Å². The first-order valence-electron chi connectivity index (χ1n) is 6.91. The fourth-order valence-corrected chi connectivity index (χ4v) is 2.09. The molecular weight excluding hydrogens is 334 g/mol. The Hall–Kier alpha value is -1.27. The predicted molar refractivity (Wildman–Crippen MR) is 83.7 cm³/mol. The van der Waals surface area contributed by atoms with Gasteiger partial charge in [-0.1, -0.05) is 43.5 Å². The Bertz CT molecular complexity index is 543. The molecule has 22 heavy (non-hydrogen) atoms. The summed E-state index contributed by atoms with van der Waals surface area (Å²) in [5, 5.41) is -0.536. The van der Waals surface area contributed by atoms with Gasteiger partial charge in [-0.25, -0.2) is 4.79 Å². The third kappa shape index (κ3) is 4.88. The zero-order valence-corrected chi connectivity index (χ0v) is 14.2. The highest BCUT2D eigenvalue weighted by Crippen LogP contribution is 2.35. The monoisotopic (exact) mass is 352 g/mol. The molecule has 0 spiro atoms. The minimum atomic E-state index is -1.02. The number of nitrogens with zero attached hydrogens (tertiary/aromatic N) is 1. The van der Waals surface area contributed by atoms with E-state index in [9.17, 15) is 9.18 Å². The van der Waals surface area contributed by atoms with E-state index in [1.54, 1.807) is 0 Å². The zero-order valence-electron chi connectivity index (χ0n) is 12.7. The number of carbonyl (C=O) groups is 1. The number of pyridine rings is 1. The van der Waals surface area contributed by atoms with Gasteiger partial charge < -0.3 is 15.2 Å². The van der Waals surface area contributed by atoms with E-state index in [1.807, 2.05) is 6.92 Å². The lowest BCUT2D eigenvalue weighted by atomic mass is 10.1. The molecule has 2 N–H and O–H groups in total. The van der Waals surface area contributed by atoms with Crippen LogP contribution in [0.15, 0.2) is 0 Å². The van der Waals surface area contributed by atoms with Gasteiger partial charge in [-0.15, -0.1) is 0 Å². The van der Waals surface area contributed by atoms with Crippen LogP contribution in [0, 0.1) is 11.9 Å². The Morgan fingerprint density at radius 1 is 1.36 bits per heavy atom. The second kappa shape index (κ2) is 8.39. The number of rotatable bonds is 7. The maximum atomic E-state index is 13.4. The first-order valence-corrected chi connectivity index (χ1v) is 7.66. The van der Waals surface area contributed by atoms with Gasteiger partial charge in [-0.05, 0) is 19.3 Å². The summed E-state index contributed by atoms with van der Waals surface area (Å²) in [4.78, 5) is 15.3. The molecule has 0 fully saturated rings. The Kier molecular flexibility index (Phi) is 7.16. The average molecular weight is 353 g/mol. The van der Waals surface area contributed by atoms with Crippen LogP contribution in [-0.2, 0) is 9.53 Å². The number of ether oxygens (including phenoxy) is 2. The molecule has 0 saturated carbocycles. The molecule has 0 saturated heterocycles. The fraction of sp³-hybridized carbons (Fsp3) is 0.571. The molecule has 1 rings (SSSR count). The summed E-state index contributed by atoms with van der Waals surface area (Å²) in [7, 11) is 0. The zero-order chi connectivity index (χ0) is 16.9. The molecule has 0 aliphatic rings. The molecule has 0 radical (unpaired) electrons. The van der Waals surface area contributed by atoms with Gasteiger partial charge in [0.2, 0.25) is 11.8 Å². The van der Waals surface area contributed by atoms with Crippen LogP contribution in [0.4, 0.5) is 10.1 Å². The van der Waals surface area contributed by atoms with Crippen molar-refractivity contribution in [3.05, 3.63) is 16.0 Å². The second-order valence-electron chi connectivity index (χ2n) is 5.03. The summed E-state index contributed by atoms with van der Waals surface area (Å²) in [5.74, 6) is -1.65. The van der Waals surface area contributed by atoms with Gasteiger partial charge in [0.05, 0.1) is 12.3 Å². The second-order valence-corrected chi connectivity index (χ2v) is 5.79. The van der Waals surface area contributed by atoms with Gasteiger partial charge in [0.1, 0.15) is 10.0 Å². The maximum absolute atomic E-state index is 13.4. The topological polar surface area (TPSA) is 74.4 Å². The SMILES string of the molecule is CCCC(C)COC(=O)[C@@H](C)Oc1nc(F)c(Cl)c(N)c1Cl. The van der Waals surface area contributed by atoms with Crippen LogP contribution in [-0.4, -0.2) is 23.7 Å². The van der Waals surface area contributed by atoms with E-state index in [4.69, 9.17) is 38.4 Å². The lowest BCUT2D eigenvalue weighted by Gasteiger charge is -2.17. The molecule has 124 valence electrons. The normalized spacial score (nSPS) is 13.5. The van der Waals surface area contributed by atoms with E-state index in [0.29, 0.717) is 6.61 Å². The van der Waals surface area contributed by atoms with Crippen molar-refractivity contribution in [3.8, 4) is 5.88 Å². The van der Waals surface area contributed by atoms with Gasteiger partial charge in [-0.2, -0.15) is 9.37 Å². The van der Waals surface area contributed by atoms with Crippen molar-refractivity contribution in [2.75, 3.05) is 12.3 Å². The summed E-state index contributed by atoms with van der Waals surface area (Å²) in [6.45, 7) is 5.78. The van der Waals surface area contributed by atoms with E-state index in [0.717, 1.165) is 12.8 Å². The smallest absolute Gasteiger partial charge is 0.347 e. The van der Waals surface area contributed by atoms with Crippen molar-refractivity contribution in [3.63, 3.8) is 0 Å². The Morgan fingerprint density at radius 3 is 2.59 bits per heavy atom. The van der Waals surface area contributed by atoms with Gasteiger partial charge >= 0.3 is 5.97 Å². The third-order valence-corrected chi connectivity index (χ3v) is 3.68. The van der Waals surface area contributed by atoms with Gasteiger partial charge in [0.25, 0.3) is 0 Å². The fourth-order valence-electron chi connectivity index (χ4n) is 1.72. The molecule has 2 atom stereocenters. The number of aromatic nitrogens is 1. The maximum Gasteiger partial charge on any atom is 0.347 e. The Labute approximate surface area is 138 Å². The largest absolute Gasteiger partial charge is 0.463 e. The van der Waals surface area contributed by atoms with Crippen molar-refractivity contribution in [2.45, 2.75) is 39.7 Å². The molecule has 8 heteroatoms. The summed E-state index contributed by atoms with van der Waals surface area (Å²) in [6, 6.07) is 0. The number of nitrogens with two attached hydrogens (primary N) is 1. The Balaban J connectivity index is 2.69. The molecule has 0 aromatic carbocycles. The third-order valence-electron chi connectivity index (χ3n) is 2.95. The predicted octanol–water partition coefficient (Wildman–Crippen LogP) is 3.86. The molecule has 1 unspecified atom stereocenters. The number of carbonyl (C=O) groups excluding carboxylic acids is 1. The molecule has 0 aliphatic heterocycles. The van der Waals surface area contributed by atoms with Crippen molar-refractivity contribution in [2.24, 2.45) is 5.92 Å². The van der Waals surface area contributed by atoms with Crippen molar-refractivity contribution < 1.29 is 18.7 Å². The van der Waals surface area contributed by atoms with Crippen molar-refractivity contribution >= 4 is 34.9 Å². The standard InChI is InChI=1S/C14H19Cl2FN2O3/c1-4-5-7(2)6-21-14(20)8(3)22-13-10(16)11(18)9(15)12(17)19-13/h7-8H,4-6H2,1-3H3,(H2,18,19)/t7?,8-/m1/s1. The highest BCUT2D eigenvalue weighted by Gasteiger charge is 2.22. The van der Waals surface area contributed by atoms with Crippen LogP contribution >= 0.6 is 23.2 Å². The molecular formula is C14H19Cl2FN2O3. The summed E-state index contributed by atoms with van der Waals surface area (Å²) in [6.07, 6.45) is 0.960. The van der Waals surface area contributed by atoms with Gasteiger partial charge in [0.15, 0.2) is 6.10 Å². The molecule has 0 aliphatic carbocycles. The van der Waals surface area contributed by atoms with Crippen molar-refractivity contribution in [1.29, 1.82) is 0 Å². The number of esters is 1. The lowest BCUT2D eigenvalue weighted by molar-refractivity contribution is -0.152. The van der Waals surface area contributed by atoms with Gasteiger partial charge in [-0.3, -0.25) is 0 Å². The van der Waals surface area contributed by atoms with Crippen LogP contribution in [0.5, 0.6) is 5.88 Å². The minimum Gasteiger partial charge on any atom is -0.463 e. The quantitative estimate of drug-likeness (QED) is 0.595. The van der Waals surface area contributed by atoms with E-state index in [1.165, 1.54) is 6.92 Å². The van der Waals surface area contributed by atoms with E-state index < -0.39 is 18.0 Å². The molecule has 0 bridgehead atoms. The first-order chi connectivity index (χ1) is 10.3.